The minimum absolute atomic E-state index is 0.0136. The van der Waals surface area contributed by atoms with E-state index in [4.69, 9.17) is 5.73 Å². The maximum absolute atomic E-state index is 13.6. The van der Waals surface area contributed by atoms with Crippen molar-refractivity contribution in [2.24, 2.45) is 5.73 Å². The topological polar surface area (TPSA) is 43.8 Å². The van der Waals surface area contributed by atoms with Crippen LogP contribution in [0, 0.1) is 5.82 Å². The second-order valence-electron chi connectivity index (χ2n) is 3.86. The first-order valence-corrected chi connectivity index (χ1v) is 5.20. The Hall–Kier alpha value is -1.68. The lowest BCUT2D eigenvalue weighted by molar-refractivity contribution is 0.588. The molecule has 84 valence electrons. The van der Waals surface area contributed by atoms with E-state index in [0.717, 1.165) is 0 Å². The van der Waals surface area contributed by atoms with Gasteiger partial charge in [-0.3, -0.25) is 0 Å². The molecule has 2 N–H and O–H groups in total. The highest BCUT2D eigenvalue weighted by molar-refractivity contribution is 5.56. The van der Waals surface area contributed by atoms with Gasteiger partial charge in [0.05, 0.1) is 5.56 Å². The fourth-order valence-electron chi connectivity index (χ4n) is 1.65. The Bertz CT molecular complexity index is 477. The van der Waals surface area contributed by atoms with Crippen molar-refractivity contribution in [2.45, 2.75) is 19.5 Å². The molecule has 0 fully saturated rings. The lowest BCUT2D eigenvalue weighted by atomic mass is 10.2. The molecule has 1 unspecified atom stereocenters. The average Bonchev–Trinajstić information content (AvgIpc) is 2.66. The summed E-state index contributed by atoms with van der Waals surface area (Å²) in [7, 11) is 0. The fourth-order valence-corrected chi connectivity index (χ4v) is 1.65. The summed E-state index contributed by atoms with van der Waals surface area (Å²) in [4.78, 5) is 4.17. The van der Waals surface area contributed by atoms with Crippen LogP contribution in [0.15, 0.2) is 36.7 Å². The first-order chi connectivity index (χ1) is 7.68. The molecule has 0 saturated heterocycles. The van der Waals surface area contributed by atoms with Crippen molar-refractivity contribution in [3.63, 3.8) is 0 Å². The van der Waals surface area contributed by atoms with Gasteiger partial charge in [-0.15, -0.1) is 0 Å². The third kappa shape index (κ3) is 2.12. The molecule has 0 aliphatic heterocycles. The van der Waals surface area contributed by atoms with E-state index in [9.17, 15) is 4.39 Å². The Morgan fingerprint density at radius 1 is 1.44 bits per heavy atom. The molecule has 1 heterocycles. The number of benzene rings is 1. The summed E-state index contributed by atoms with van der Waals surface area (Å²) in [6.07, 6.45) is 3.47. The molecule has 0 spiro atoms. The number of imidazole rings is 1. The van der Waals surface area contributed by atoms with Gasteiger partial charge in [0, 0.05) is 25.0 Å². The van der Waals surface area contributed by atoms with Gasteiger partial charge in [-0.25, -0.2) is 9.37 Å². The van der Waals surface area contributed by atoms with Gasteiger partial charge in [0.2, 0.25) is 0 Å². The standard InChI is InChI=1S/C12H14FN3/c1-9(14)8-16-7-6-15-12(16)10-4-2-3-5-11(10)13/h2-7,9H,8,14H2,1H3. The Morgan fingerprint density at radius 2 is 2.19 bits per heavy atom. The van der Waals surface area contributed by atoms with Gasteiger partial charge < -0.3 is 10.3 Å². The van der Waals surface area contributed by atoms with E-state index in [1.807, 2.05) is 17.7 Å². The average molecular weight is 219 g/mol. The second kappa shape index (κ2) is 4.45. The maximum Gasteiger partial charge on any atom is 0.142 e. The van der Waals surface area contributed by atoms with Crippen LogP contribution in [-0.4, -0.2) is 15.6 Å². The lowest BCUT2D eigenvalue weighted by Crippen LogP contribution is -2.22. The van der Waals surface area contributed by atoms with Crippen LogP contribution >= 0.6 is 0 Å². The summed E-state index contributed by atoms with van der Waals surface area (Å²) in [5.41, 5.74) is 6.23. The zero-order valence-corrected chi connectivity index (χ0v) is 9.10. The minimum Gasteiger partial charge on any atom is -0.329 e. The zero-order chi connectivity index (χ0) is 11.5. The third-order valence-corrected chi connectivity index (χ3v) is 2.31. The van der Waals surface area contributed by atoms with Crippen molar-refractivity contribution in [1.29, 1.82) is 0 Å². The minimum atomic E-state index is -0.264. The maximum atomic E-state index is 13.6. The molecule has 0 aliphatic carbocycles. The van der Waals surface area contributed by atoms with Gasteiger partial charge in [0.25, 0.3) is 0 Å². The van der Waals surface area contributed by atoms with Crippen molar-refractivity contribution >= 4 is 0 Å². The molecule has 1 aromatic heterocycles. The van der Waals surface area contributed by atoms with Crippen LogP contribution in [0.4, 0.5) is 4.39 Å². The molecule has 0 aliphatic rings. The molecule has 0 radical (unpaired) electrons. The Kier molecular flexibility index (Phi) is 3.01. The number of nitrogens with two attached hydrogens (primary N) is 1. The van der Waals surface area contributed by atoms with Gasteiger partial charge in [-0.1, -0.05) is 12.1 Å². The van der Waals surface area contributed by atoms with Crippen LogP contribution in [0.5, 0.6) is 0 Å². The Morgan fingerprint density at radius 3 is 2.88 bits per heavy atom. The number of halogens is 1. The Balaban J connectivity index is 2.41. The molecule has 2 rings (SSSR count). The number of hydrogen-bond donors (Lipinski definition) is 1. The molecule has 16 heavy (non-hydrogen) atoms. The van der Waals surface area contributed by atoms with E-state index in [2.05, 4.69) is 4.98 Å². The van der Waals surface area contributed by atoms with Crippen LogP contribution in [0.1, 0.15) is 6.92 Å². The predicted octanol–water partition coefficient (Wildman–Crippen LogP) is 2.04. The second-order valence-corrected chi connectivity index (χ2v) is 3.86. The van der Waals surface area contributed by atoms with Crippen LogP contribution in [0.2, 0.25) is 0 Å². The first kappa shape index (κ1) is 10.8. The quantitative estimate of drug-likeness (QED) is 0.858. The van der Waals surface area contributed by atoms with Crippen LogP contribution in [-0.2, 0) is 6.54 Å². The van der Waals surface area contributed by atoms with Gasteiger partial charge >= 0.3 is 0 Å². The molecule has 4 heteroatoms. The molecule has 3 nitrogen and oxygen atoms in total. The fraction of sp³-hybridized carbons (Fsp3) is 0.250. The highest BCUT2D eigenvalue weighted by Crippen LogP contribution is 2.20. The molecular weight excluding hydrogens is 205 g/mol. The molecule has 1 aromatic carbocycles. The van der Waals surface area contributed by atoms with Crippen LogP contribution < -0.4 is 5.73 Å². The lowest BCUT2D eigenvalue weighted by Gasteiger charge is -2.10. The monoisotopic (exact) mass is 219 g/mol. The smallest absolute Gasteiger partial charge is 0.142 e. The molecule has 0 saturated carbocycles. The summed E-state index contributed by atoms with van der Waals surface area (Å²) in [6, 6.07) is 6.62. The van der Waals surface area contributed by atoms with Crippen LogP contribution in [0.3, 0.4) is 0 Å². The number of rotatable bonds is 3. The highest BCUT2D eigenvalue weighted by atomic mass is 19.1. The van der Waals surface area contributed by atoms with E-state index < -0.39 is 0 Å². The zero-order valence-electron chi connectivity index (χ0n) is 9.10. The highest BCUT2D eigenvalue weighted by Gasteiger charge is 2.10. The van der Waals surface area contributed by atoms with Crippen LogP contribution in [0.25, 0.3) is 11.4 Å². The SMILES string of the molecule is CC(N)Cn1ccnc1-c1ccccc1F. The number of hydrogen-bond acceptors (Lipinski definition) is 2. The van der Waals surface area contributed by atoms with Crippen molar-refractivity contribution in [3.8, 4) is 11.4 Å². The van der Waals surface area contributed by atoms with Gasteiger partial charge in [-0.05, 0) is 19.1 Å². The normalized spacial score (nSPS) is 12.7. The van der Waals surface area contributed by atoms with Gasteiger partial charge in [0.15, 0.2) is 0 Å². The number of aromatic nitrogens is 2. The molecular formula is C12H14FN3. The van der Waals surface area contributed by atoms with Crippen molar-refractivity contribution in [1.82, 2.24) is 9.55 Å². The third-order valence-electron chi connectivity index (χ3n) is 2.31. The van der Waals surface area contributed by atoms with E-state index >= 15 is 0 Å². The summed E-state index contributed by atoms with van der Waals surface area (Å²) in [6.45, 7) is 2.54. The van der Waals surface area contributed by atoms with Gasteiger partial charge in [-0.2, -0.15) is 0 Å². The summed E-state index contributed by atoms with van der Waals surface area (Å²) in [5, 5.41) is 0. The van der Waals surface area contributed by atoms with Gasteiger partial charge in [0.1, 0.15) is 11.6 Å². The van der Waals surface area contributed by atoms with Crippen molar-refractivity contribution in [3.05, 3.63) is 42.5 Å². The van der Waals surface area contributed by atoms with E-state index in [1.165, 1.54) is 6.07 Å². The molecule has 0 bridgehead atoms. The summed E-state index contributed by atoms with van der Waals surface area (Å²) in [5.74, 6) is 0.357. The predicted molar refractivity (Wildman–Crippen MR) is 61.3 cm³/mol. The van der Waals surface area contributed by atoms with E-state index in [0.29, 0.717) is 17.9 Å². The first-order valence-electron chi connectivity index (χ1n) is 5.20. The largest absolute Gasteiger partial charge is 0.329 e. The summed E-state index contributed by atoms with van der Waals surface area (Å²) >= 11 is 0. The van der Waals surface area contributed by atoms with Crippen molar-refractivity contribution < 1.29 is 4.39 Å². The van der Waals surface area contributed by atoms with E-state index in [-0.39, 0.29) is 11.9 Å². The molecule has 2 aromatic rings. The Labute approximate surface area is 93.7 Å². The summed E-state index contributed by atoms with van der Waals surface area (Å²) < 4.78 is 15.4. The van der Waals surface area contributed by atoms with Crippen molar-refractivity contribution in [2.75, 3.05) is 0 Å². The molecule has 1 atom stereocenters. The molecule has 0 amide bonds. The van der Waals surface area contributed by atoms with E-state index in [1.54, 1.807) is 24.4 Å². The number of nitrogens with zero attached hydrogens (tertiary/aromatic N) is 2.